The number of carbonyl (C=O) groups is 1. The third-order valence-electron chi connectivity index (χ3n) is 4.00. The van der Waals surface area contributed by atoms with Crippen molar-refractivity contribution in [2.45, 2.75) is 33.4 Å². The van der Waals surface area contributed by atoms with E-state index in [0.717, 1.165) is 4.57 Å². The highest BCUT2D eigenvalue weighted by Gasteiger charge is 2.26. The molecule has 0 amide bonds. The first-order chi connectivity index (χ1) is 12.3. The van der Waals surface area contributed by atoms with Gasteiger partial charge in [0.05, 0.1) is 11.0 Å². The quantitative estimate of drug-likeness (QED) is 0.658. The minimum absolute atomic E-state index is 0.0674. The molecule has 26 heavy (non-hydrogen) atoms. The van der Waals surface area contributed by atoms with Crippen LogP contribution in [-0.2, 0) is 4.74 Å². The third kappa shape index (κ3) is 3.10. The van der Waals surface area contributed by atoms with Crippen LogP contribution < -0.4 is 5.63 Å². The van der Waals surface area contributed by atoms with Crippen LogP contribution in [-0.4, -0.2) is 15.5 Å². The molecule has 0 spiro atoms. The second kappa shape index (κ2) is 6.70. The Morgan fingerprint density at radius 1 is 1.27 bits per heavy atom. The number of fused-ring (bicyclic) bond motifs is 1. The van der Waals surface area contributed by atoms with E-state index in [1.54, 1.807) is 25.1 Å². The average Bonchev–Trinajstić information content (AvgIpc) is 2.93. The molecule has 0 aliphatic rings. The number of alkyl halides is 2. The van der Waals surface area contributed by atoms with Gasteiger partial charge in [0.25, 0.3) is 0 Å². The number of ether oxygens (including phenoxy) is 1. The van der Waals surface area contributed by atoms with Crippen molar-refractivity contribution >= 4 is 17.0 Å². The van der Waals surface area contributed by atoms with Crippen LogP contribution in [0, 0.1) is 13.8 Å². The summed E-state index contributed by atoms with van der Waals surface area (Å²) in [6, 6.07) is 7.61. The number of halogens is 2. The van der Waals surface area contributed by atoms with Crippen LogP contribution in [0.1, 0.15) is 47.1 Å². The maximum Gasteiger partial charge on any atom is 0.342 e. The molecule has 0 saturated carbocycles. The molecule has 1 unspecified atom stereocenters. The van der Waals surface area contributed by atoms with Gasteiger partial charge < -0.3 is 9.15 Å². The number of hydrogen-bond acceptors (Lipinski definition) is 5. The number of benzene rings is 1. The van der Waals surface area contributed by atoms with Crippen LogP contribution in [0.15, 0.2) is 39.5 Å². The number of aromatic nitrogens is 2. The molecule has 8 heteroatoms. The van der Waals surface area contributed by atoms with E-state index >= 15 is 0 Å². The minimum Gasteiger partial charge on any atom is -0.451 e. The van der Waals surface area contributed by atoms with Gasteiger partial charge in [-0.05, 0) is 38.5 Å². The zero-order valence-electron chi connectivity index (χ0n) is 14.3. The van der Waals surface area contributed by atoms with Gasteiger partial charge in [-0.15, -0.1) is 0 Å². The first kappa shape index (κ1) is 17.8. The summed E-state index contributed by atoms with van der Waals surface area (Å²) < 4.78 is 38.0. The molecule has 136 valence electrons. The van der Waals surface area contributed by atoms with Gasteiger partial charge in [0.1, 0.15) is 11.3 Å². The summed E-state index contributed by atoms with van der Waals surface area (Å²) in [7, 11) is 0. The van der Waals surface area contributed by atoms with Crippen molar-refractivity contribution < 1.29 is 22.7 Å². The summed E-state index contributed by atoms with van der Waals surface area (Å²) in [4.78, 5) is 28.0. The van der Waals surface area contributed by atoms with Crippen LogP contribution in [0.5, 0.6) is 0 Å². The van der Waals surface area contributed by atoms with Crippen LogP contribution in [0.25, 0.3) is 11.0 Å². The molecular weight excluding hydrogens is 346 g/mol. The lowest BCUT2D eigenvalue weighted by Gasteiger charge is -2.16. The van der Waals surface area contributed by atoms with E-state index < -0.39 is 24.2 Å². The number of hydrogen-bond donors (Lipinski definition) is 0. The smallest absolute Gasteiger partial charge is 0.342 e. The largest absolute Gasteiger partial charge is 0.451 e. The predicted molar refractivity (Wildman–Crippen MR) is 89.3 cm³/mol. The van der Waals surface area contributed by atoms with Gasteiger partial charge in [-0.25, -0.2) is 14.6 Å². The lowest BCUT2D eigenvalue weighted by molar-refractivity contribution is 0.0228. The molecular formula is C18H16F2N2O4. The lowest BCUT2D eigenvalue weighted by atomic mass is 10.1. The highest BCUT2D eigenvalue weighted by atomic mass is 19.3. The predicted octanol–water partition coefficient (Wildman–Crippen LogP) is 3.92. The van der Waals surface area contributed by atoms with E-state index in [1.807, 2.05) is 0 Å². The molecule has 3 aromatic rings. The van der Waals surface area contributed by atoms with Crippen molar-refractivity contribution in [1.29, 1.82) is 0 Å². The highest BCUT2D eigenvalue weighted by molar-refractivity contribution is 5.92. The molecule has 1 aromatic carbocycles. The summed E-state index contributed by atoms with van der Waals surface area (Å²) >= 11 is 0. The Kier molecular flexibility index (Phi) is 4.58. The molecule has 0 aliphatic carbocycles. The zero-order chi connectivity index (χ0) is 19.0. The summed E-state index contributed by atoms with van der Waals surface area (Å²) in [6.45, 7) is 1.66. The lowest BCUT2D eigenvalue weighted by Crippen LogP contribution is -2.17. The number of aryl methyl sites for hydroxylation is 2. The maximum absolute atomic E-state index is 13.5. The Morgan fingerprint density at radius 3 is 2.62 bits per heavy atom. The fourth-order valence-electron chi connectivity index (χ4n) is 2.89. The van der Waals surface area contributed by atoms with E-state index in [4.69, 9.17) is 9.15 Å². The number of para-hydroxylation sites is 2. The fourth-order valence-corrected chi connectivity index (χ4v) is 2.89. The maximum atomic E-state index is 13.5. The molecule has 0 radical (unpaired) electrons. The standard InChI is InChI=1S/C18H16F2N2O4/c1-9-8-14(23)25-10(2)15(9)17(24)26-11(3)16-21-12-6-4-5-7-13(12)22(16)18(19)20/h4-8,11,18H,1-3H3. The van der Waals surface area contributed by atoms with Crippen molar-refractivity contribution in [3.8, 4) is 0 Å². The van der Waals surface area contributed by atoms with E-state index in [2.05, 4.69) is 4.98 Å². The number of esters is 1. The topological polar surface area (TPSA) is 74.3 Å². The first-order valence-electron chi connectivity index (χ1n) is 7.87. The highest BCUT2D eigenvalue weighted by Crippen LogP contribution is 2.29. The molecule has 0 saturated heterocycles. The van der Waals surface area contributed by atoms with Crippen LogP contribution in [0.4, 0.5) is 8.78 Å². The van der Waals surface area contributed by atoms with E-state index in [-0.39, 0.29) is 22.7 Å². The molecule has 2 aromatic heterocycles. The Labute approximate surface area is 147 Å². The minimum atomic E-state index is -2.84. The van der Waals surface area contributed by atoms with Gasteiger partial charge in [0, 0.05) is 6.07 Å². The SMILES string of the molecule is Cc1cc(=O)oc(C)c1C(=O)OC(C)c1nc2ccccc2n1C(F)F. The normalized spacial score (nSPS) is 12.5. The van der Waals surface area contributed by atoms with Gasteiger partial charge >= 0.3 is 18.1 Å². The molecule has 3 rings (SSSR count). The second-order valence-corrected chi connectivity index (χ2v) is 5.83. The van der Waals surface area contributed by atoms with Gasteiger partial charge in [-0.1, -0.05) is 12.1 Å². The van der Waals surface area contributed by atoms with Crippen molar-refractivity contribution in [3.05, 3.63) is 63.5 Å². The van der Waals surface area contributed by atoms with Crippen molar-refractivity contribution in [2.75, 3.05) is 0 Å². The summed E-state index contributed by atoms with van der Waals surface area (Å²) in [5.74, 6) is -0.735. The van der Waals surface area contributed by atoms with Crippen LogP contribution in [0.2, 0.25) is 0 Å². The van der Waals surface area contributed by atoms with Gasteiger partial charge in [0.2, 0.25) is 0 Å². The van der Waals surface area contributed by atoms with E-state index in [0.29, 0.717) is 11.1 Å². The number of nitrogens with zero attached hydrogens (tertiary/aromatic N) is 2. The van der Waals surface area contributed by atoms with Gasteiger partial charge in [-0.2, -0.15) is 8.78 Å². The molecule has 0 bridgehead atoms. The van der Waals surface area contributed by atoms with Crippen LogP contribution >= 0.6 is 0 Å². The molecule has 0 aliphatic heterocycles. The molecule has 1 atom stereocenters. The zero-order valence-corrected chi connectivity index (χ0v) is 14.3. The van der Waals surface area contributed by atoms with Crippen molar-refractivity contribution in [3.63, 3.8) is 0 Å². The van der Waals surface area contributed by atoms with E-state index in [1.165, 1.54) is 26.0 Å². The fraction of sp³-hybridized carbons (Fsp3) is 0.278. The van der Waals surface area contributed by atoms with Crippen molar-refractivity contribution in [1.82, 2.24) is 9.55 Å². The van der Waals surface area contributed by atoms with E-state index in [9.17, 15) is 18.4 Å². The molecule has 0 N–H and O–H groups in total. The van der Waals surface area contributed by atoms with Gasteiger partial charge in [-0.3, -0.25) is 4.57 Å². The average molecular weight is 362 g/mol. The Hall–Kier alpha value is -3.03. The van der Waals surface area contributed by atoms with Crippen molar-refractivity contribution in [2.24, 2.45) is 0 Å². The number of rotatable bonds is 4. The first-order valence-corrected chi connectivity index (χ1v) is 7.87. The molecule has 6 nitrogen and oxygen atoms in total. The molecule has 2 heterocycles. The summed E-state index contributed by atoms with van der Waals surface area (Å²) in [5, 5.41) is 0. The Bertz CT molecular complexity index is 1010. The number of imidazole rings is 1. The third-order valence-corrected chi connectivity index (χ3v) is 4.00. The number of carbonyl (C=O) groups excluding carboxylic acids is 1. The van der Waals surface area contributed by atoms with Crippen LogP contribution in [0.3, 0.4) is 0 Å². The Morgan fingerprint density at radius 2 is 1.96 bits per heavy atom. The monoisotopic (exact) mass is 362 g/mol. The Balaban J connectivity index is 1.97. The summed E-state index contributed by atoms with van der Waals surface area (Å²) in [5.41, 5.74) is 0.529. The molecule has 0 fully saturated rings. The summed E-state index contributed by atoms with van der Waals surface area (Å²) in [6.07, 6.45) is -1.03. The second-order valence-electron chi connectivity index (χ2n) is 5.83. The van der Waals surface area contributed by atoms with Gasteiger partial charge in [0.15, 0.2) is 11.9 Å².